The third-order valence-electron chi connectivity index (χ3n) is 4.22. The number of aromatic nitrogens is 3. The summed E-state index contributed by atoms with van der Waals surface area (Å²) in [5.74, 6) is 0. The molecule has 4 nitrogen and oxygen atoms in total. The van der Waals surface area contributed by atoms with Crippen molar-refractivity contribution in [2.75, 3.05) is 6.54 Å². The molecular formula is C20H30N4. The van der Waals surface area contributed by atoms with Gasteiger partial charge in [-0.05, 0) is 44.2 Å². The van der Waals surface area contributed by atoms with E-state index in [2.05, 4.69) is 63.4 Å². The van der Waals surface area contributed by atoms with E-state index in [4.69, 9.17) is 0 Å². The lowest BCUT2D eigenvalue weighted by atomic mass is 9.87. The van der Waals surface area contributed by atoms with Gasteiger partial charge in [0.1, 0.15) is 5.52 Å². The Morgan fingerprint density at radius 3 is 2.46 bits per heavy atom. The summed E-state index contributed by atoms with van der Waals surface area (Å²) in [6, 6.07) is 7.99. The van der Waals surface area contributed by atoms with E-state index in [1.807, 2.05) is 28.9 Å². The Balaban J connectivity index is 2.00. The molecule has 0 fully saturated rings. The number of para-hydroxylation sites is 1. The highest BCUT2D eigenvalue weighted by molar-refractivity contribution is 5.74. The van der Waals surface area contributed by atoms with E-state index in [-0.39, 0.29) is 11.0 Å². The molecule has 2 aromatic rings. The summed E-state index contributed by atoms with van der Waals surface area (Å²) in [5, 5.41) is 12.0. The molecule has 0 atom stereocenters. The molecule has 0 amide bonds. The van der Waals surface area contributed by atoms with Crippen LogP contribution < -0.4 is 5.32 Å². The quantitative estimate of drug-likeness (QED) is 0.753. The van der Waals surface area contributed by atoms with Gasteiger partial charge in [0.2, 0.25) is 0 Å². The SMILES string of the molecule is C=C(CCNC(=C)C(C)(C)n1nnc2ccccc21)CC(C)(C)C. The zero-order valence-electron chi connectivity index (χ0n) is 15.7. The van der Waals surface area contributed by atoms with Crippen molar-refractivity contribution in [2.45, 2.75) is 53.0 Å². The van der Waals surface area contributed by atoms with Crippen molar-refractivity contribution < 1.29 is 0 Å². The number of nitrogens with one attached hydrogen (secondary N) is 1. The maximum absolute atomic E-state index is 4.33. The Bertz CT molecular complexity index is 731. The molecule has 24 heavy (non-hydrogen) atoms. The average molecular weight is 326 g/mol. The van der Waals surface area contributed by atoms with Gasteiger partial charge in [-0.15, -0.1) is 5.10 Å². The molecule has 1 aromatic heterocycles. The molecule has 0 aliphatic rings. The van der Waals surface area contributed by atoms with Gasteiger partial charge in [-0.1, -0.05) is 56.8 Å². The highest BCUT2D eigenvalue weighted by Crippen LogP contribution is 2.27. The fourth-order valence-electron chi connectivity index (χ4n) is 2.85. The second-order valence-electron chi connectivity index (χ2n) is 8.19. The second kappa shape index (κ2) is 6.80. The molecule has 1 aromatic carbocycles. The molecule has 0 aliphatic carbocycles. The minimum Gasteiger partial charge on any atom is -0.387 e. The molecule has 4 heteroatoms. The normalized spacial score (nSPS) is 12.4. The van der Waals surface area contributed by atoms with Crippen molar-refractivity contribution in [3.05, 3.63) is 48.7 Å². The summed E-state index contributed by atoms with van der Waals surface area (Å²) in [5.41, 5.74) is 4.04. The van der Waals surface area contributed by atoms with E-state index in [1.54, 1.807) is 0 Å². The molecule has 0 saturated heterocycles. The molecule has 0 radical (unpaired) electrons. The van der Waals surface area contributed by atoms with Crippen LogP contribution in [0.1, 0.15) is 47.5 Å². The first-order chi connectivity index (χ1) is 11.1. The topological polar surface area (TPSA) is 42.7 Å². The first-order valence-electron chi connectivity index (χ1n) is 8.52. The number of allylic oxidation sites excluding steroid dienone is 1. The lowest BCUT2D eigenvalue weighted by Gasteiger charge is -2.29. The molecule has 0 bridgehead atoms. The van der Waals surface area contributed by atoms with Crippen LogP contribution in [0.15, 0.2) is 48.7 Å². The van der Waals surface area contributed by atoms with E-state index in [9.17, 15) is 0 Å². The van der Waals surface area contributed by atoms with Gasteiger partial charge in [0.25, 0.3) is 0 Å². The Morgan fingerprint density at radius 1 is 1.12 bits per heavy atom. The minimum absolute atomic E-state index is 0.285. The zero-order valence-corrected chi connectivity index (χ0v) is 15.7. The van der Waals surface area contributed by atoms with Crippen molar-refractivity contribution in [3.8, 4) is 0 Å². The Kier molecular flexibility index (Phi) is 5.16. The van der Waals surface area contributed by atoms with Crippen LogP contribution in [0.5, 0.6) is 0 Å². The van der Waals surface area contributed by atoms with Gasteiger partial charge in [-0.2, -0.15) is 0 Å². The van der Waals surface area contributed by atoms with Gasteiger partial charge < -0.3 is 5.32 Å². The second-order valence-corrected chi connectivity index (χ2v) is 8.19. The van der Waals surface area contributed by atoms with Gasteiger partial charge >= 0.3 is 0 Å². The molecule has 1 N–H and O–H groups in total. The standard InChI is InChI=1S/C20H30N4/c1-15(14-19(3,4)5)12-13-21-16(2)20(6,7)24-18-11-9-8-10-17(18)22-23-24/h8-11,21H,1-2,12-14H2,3-7H3. The summed E-state index contributed by atoms with van der Waals surface area (Å²) in [4.78, 5) is 0. The first-order valence-corrected chi connectivity index (χ1v) is 8.52. The predicted molar refractivity (Wildman–Crippen MR) is 102 cm³/mol. The van der Waals surface area contributed by atoms with Gasteiger partial charge in [-0.25, -0.2) is 4.68 Å². The van der Waals surface area contributed by atoms with E-state index >= 15 is 0 Å². The van der Waals surface area contributed by atoms with Crippen molar-refractivity contribution >= 4 is 11.0 Å². The maximum Gasteiger partial charge on any atom is 0.113 e. The fraction of sp³-hybridized carbons (Fsp3) is 0.500. The fourth-order valence-corrected chi connectivity index (χ4v) is 2.85. The maximum atomic E-state index is 4.33. The number of hydrogen-bond donors (Lipinski definition) is 1. The number of rotatable bonds is 7. The van der Waals surface area contributed by atoms with Crippen LogP contribution in [0.4, 0.5) is 0 Å². The third kappa shape index (κ3) is 4.25. The van der Waals surface area contributed by atoms with Gasteiger partial charge in [-0.3, -0.25) is 0 Å². The monoisotopic (exact) mass is 326 g/mol. The van der Waals surface area contributed by atoms with Crippen LogP contribution >= 0.6 is 0 Å². The summed E-state index contributed by atoms with van der Waals surface area (Å²) in [6.45, 7) is 20.2. The molecule has 1 heterocycles. The summed E-state index contributed by atoms with van der Waals surface area (Å²) >= 11 is 0. The zero-order chi connectivity index (χ0) is 18.0. The predicted octanol–water partition coefficient (Wildman–Crippen LogP) is 4.65. The highest BCUT2D eigenvalue weighted by atomic mass is 15.5. The molecule has 0 saturated carbocycles. The van der Waals surface area contributed by atoms with E-state index in [0.717, 1.165) is 36.1 Å². The summed E-state index contributed by atoms with van der Waals surface area (Å²) < 4.78 is 1.93. The Labute approximate surface area is 145 Å². The molecule has 0 aliphatic heterocycles. The van der Waals surface area contributed by atoms with Crippen LogP contribution in [0.3, 0.4) is 0 Å². The molecule has 2 rings (SSSR count). The number of nitrogens with zero attached hydrogens (tertiary/aromatic N) is 3. The van der Waals surface area contributed by atoms with Crippen LogP contribution in [0.25, 0.3) is 11.0 Å². The molecule has 0 unspecified atom stereocenters. The summed E-state index contributed by atoms with van der Waals surface area (Å²) in [6.07, 6.45) is 1.99. The van der Waals surface area contributed by atoms with Crippen LogP contribution in [0, 0.1) is 5.41 Å². The van der Waals surface area contributed by atoms with Gasteiger partial charge in [0.05, 0.1) is 11.1 Å². The van der Waals surface area contributed by atoms with Crippen molar-refractivity contribution in [1.82, 2.24) is 20.3 Å². The lowest BCUT2D eigenvalue weighted by Crippen LogP contribution is -2.36. The third-order valence-corrected chi connectivity index (χ3v) is 4.22. The van der Waals surface area contributed by atoms with E-state index < -0.39 is 0 Å². The molecular weight excluding hydrogens is 296 g/mol. The van der Waals surface area contributed by atoms with E-state index in [1.165, 1.54) is 5.57 Å². The Hall–Kier alpha value is -2.10. The van der Waals surface area contributed by atoms with Crippen LogP contribution in [-0.4, -0.2) is 21.5 Å². The number of hydrogen-bond acceptors (Lipinski definition) is 3. The van der Waals surface area contributed by atoms with Crippen molar-refractivity contribution in [3.63, 3.8) is 0 Å². The summed E-state index contributed by atoms with van der Waals surface area (Å²) in [7, 11) is 0. The smallest absolute Gasteiger partial charge is 0.113 e. The number of benzene rings is 1. The van der Waals surface area contributed by atoms with E-state index in [0.29, 0.717) is 0 Å². The van der Waals surface area contributed by atoms with Crippen molar-refractivity contribution in [1.29, 1.82) is 0 Å². The van der Waals surface area contributed by atoms with Crippen LogP contribution in [0.2, 0.25) is 0 Å². The molecule has 0 spiro atoms. The Morgan fingerprint density at radius 2 is 1.79 bits per heavy atom. The minimum atomic E-state index is -0.360. The van der Waals surface area contributed by atoms with Crippen LogP contribution in [-0.2, 0) is 5.54 Å². The largest absolute Gasteiger partial charge is 0.387 e. The number of fused-ring (bicyclic) bond motifs is 1. The first kappa shape index (κ1) is 18.2. The highest BCUT2D eigenvalue weighted by Gasteiger charge is 2.27. The average Bonchev–Trinajstić information content (AvgIpc) is 2.89. The van der Waals surface area contributed by atoms with Gasteiger partial charge in [0.15, 0.2) is 0 Å². The van der Waals surface area contributed by atoms with Gasteiger partial charge in [0, 0.05) is 12.2 Å². The molecule has 130 valence electrons. The lowest BCUT2D eigenvalue weighted by molar-refractivity contribution is 0.361. The van der Waals surface area contributed by atoms with Crippen molar-refractivity contribution in [2.24, 2.45) is 5.41 Å².